The number of carbonyl (C=O) groups is 1. The normalized spacial score (nSPS) is 14.8. The second-order valence-corrected chi connectivity index (χ2v) is 5.82. The Balaban J connectivity index is 1.59. The van der Waals surface area contributed by atoms with Crippen molar-refractivity contribution in [2.24, 2.45) is 0 Å². The topological polar surface area (TPSA) is 79.4 Å². The van der Waals surface area contributed by atoms with E-state index in [0.29, 0.717) is 26.3 Å². The number of nitrogens with zero attached hydrogens (tertiary/aromatic N) is 3. The van der Waals surface area contributed by atoms with Crippen molar-refractivity contribution in [1.29, 1.82) is 0 Å². The summed E-state index contributed by atoms with van der Waals surface area (Å²) in [6.45, 7) is 4.11. The van der Waals surface area contributed by atoms with Gasteiger partial charge in [-0.1, -0.05) is 0 Å². The second kappa shape index (κ2) is 8.78. The number of carbonyl (C=O) groups excluding carboxylic acids is 1. The molecule has 1 aromatic carbocycles. The molecule has 0 unspecified atom stereocenters. The van der Waals surface area contributed by atoms with Crippen molar-refractivity contribution < 1.29 is 22.7 Å². The molecule has 27 heavy (non-hydrogen) atoms. The highest BCUT2D eigenvalue weighted by Gasteiger charge is 2.15. The van der Waals surface area contributed by atoms with Crippen LogP contribution in [0.4, 0.5) is 24.8 Å². The number of benzene rings is 1. The molecule has 0 atom stereocenters. The van der Waals surface area contributed by atoms with Crippen molar-refractivity contribution in [3.8, 4) is 0 Å². The summed E-state index contributed by atoms with van der Waals surface area (Å²) in [5, 5.41) is 5.18. The Kier molecular flexibility index (Phi) is 6.20. The average Bonchev–Trinajstić information content (AvgIpc) is 2.69. The number of morpholine rings is 1. The Hall–Kier alpha value is -2.72. The summed E-state index contributed by atoms with van der Waals surface area (Å²) >= 11 is 0. The van der Waals surface area contributed by atoms with Gasteiger partial charge in [0.05, 0.1) is 18.9 Å². The molecule has 2 heterocycles. The number of rotatable bonds is 6. The number of anilines is 2. The van der Waals surface area contributed by atoms with Crippen LogP contribution in [-0.2, 0) is 4.74 Å². The molecule has 1 aliphatic heterocycles. The lowest BCUT2D eigenvalue weighted by atomic mass is 10.3. The van der Waals surface area contributed by atoms with E-state index in [2.05, 4.69) is 25.5 Å². The van der Waals surface area contributed by atoms with Gasteiger partial charge in [0.2, 0.25) is 5.95 Å². The van der Waals surface area contributed by atoms with Crippen LogP contribution >= 0.6 is 0 Å². The Labute approximate surface area is 153 Å². The highest BCUT2D eigenvalue weighted by atomic mass is 19.2. The molecule has 3 rings (SSSR count). The molecule has 1 aromatic heterocycles. The lowest BCUT2D eigenvalue weighted by Crippen LogP contribution is -2.41. The highest BCUT2D eigenvalue weighted by molar-refractivity contribution is 5.92. The molecule has 0 spiro atoms. The molecule has 10 heteroatoms. The van der Waals surface area contributed by atoms with Crippen LogP contribution < -0.4 is 10.6 Å². The minimum Gasteiger partial charge on any atom is -0.379 e. The molecular formula is C17H18F3N5O2. The van der Waals surface area contributed by atoms with Gasteiger partial charge in [0, 0.05) is 32.4 Å². The van der Waals surface area contributed by atoms with Gasteiger partial charge in [0.1, 0.15) is 5.69 Å². The predicted molar refractivity (Wildman–Crippen MR) is 91.2 cm³/mol. The van der Waals surface area contributed by atoms with Crippen molar-refractivity contribution in [2.45, 2.75) is 0 Å². The van der Waals surface area contributed by atoms with E-state index < -0.39 is 23.4 Å². The maximum Gasteiger partial charge on any atom is 0.270 e. The molecule has 2 N–H and O–H groups in total. The summed E-state index contributed by atoms with van der Waals surface area (Å²) in [6, 6.07) is 3.20. The zero-order valence-electron chi connectivity index (χ0n) is 14.3. The minimum absolute atomic E-state index is 0.0671. The number of aromatic nitrogens is 2. The lowest BCUT2D eigenvalue weighted by Gasteiger charge is -2.26. The van der Waals surface area contributed by atoms with Gasteiger partial charge in [0.25, 0.3) is 5.91 Å². The standard InChI is InChI=1S/C17H18F3N5O2/c18-11-1-2-12(15(20)14(11)19)23-17-22-4-3-13(24-17)16(26)21-5-6-25-7-9-27-10-8-25/h1-4H,5-10H2,(H,21,26)(H,22,23,24). The first-order chi connectivity index (χ1) is 13.0. The van der Waals surface area contributed by atoms with Gasteiger partial charge >= 0.3 is 0 Å². The van der Waals surface area contributed by atoms with E-state index in [1.807, 2.05) is 0 Å². The van der Waals surface area contributed by atoms with E-state index >= 15 is 0 Å². The van der Waals surface area contributed by atoms with Gasteiger partial charge in [0.15, 0.2) is 17.5 Å². The summed E-state index contributed by atoms with van der Waals surface area (Å²) in [6.07, 6.45) is 1.31. The van der Waals surface area contributed by atoms with Gasteiger partial charge in [-0.05, 0) is 18.2 Å². The second-order valence-electron chi connectivity index (χ2n) is 5.82. The molecule has 1 amide bonds. The van der Waals surface area contributed by atoms with Crippen molar-refractivity contribution in [3.05, 3.63) is 47.5 Å². The monoisotopic (exact) mass is 381 g/mol. The molecule has 2 aromatic rings. The first-order valence-electron chi connectivity index (χ1n) is 8.36. The Bertz CT molecular complexity index is 815. The summed E-state index contributed by atoms with van der Waals surface area (Å²) in [7, 11) is 0. The van der Waals surface area contributed by atoms with Crippen LogP contribution in [0, 0.1) is 17.5 Å². The van der Waals surface area contributed by atoms with Gasteiger partial charge in [-0.25, -0.2) is 23.1 Å². The number of amides is 1. The van der Waals surface area contributed by atoms with Crippen LogP contribution in [-0.4, -0.2) is 60.2 Å². The molecule has 144 valence electrons. The van der Waals surface area contributed by atoms with Gasteiger partial charge in [-0.2, -0.15) is 0 Å². The maximum atomic E-state index is 13.7. The quantitative estimate of drug-likeness (QED) is 0.742. The number of hydrogen-bond donors (Lipinski definition) is 2. The summed E-state index contributed by atoms with van der Waals surface area (Å²) in [4.78, 5) is 22.2. The SMILES string of the molecule is O=C(NCCN1CCOCC1)c1ccnc(Nc2ccc(F)c(F)c2F)n1. The molecule has 0 aliphatic carbocycles. The third-order valence-electron chi connectivity index (χ3n) is 3.99. The Morgan fingerprint density at radius 3 is 2.70 bits per heavy atom. The lowest BCUT2D eigenvalue weighted by molar-refractivity contribution is 0.0383. The van der Waals surface area contributed by atoms with Gasteiger partial charge in [-0.3, -0.25) is 9.69 Å². The zero-order chi connectivity index (χ0) is 19.2. The van der Waals surface area contributed by atoms with E-state index in [9.17, 15) is 18.0 Å². The van der Waals surface area contributed by atoms with Crippen LogP contribution in [0.5, 0.6) is 0 Å². The fourth-order valence-corrected chi connectivity index (χ4v) is 2.53. The van der Waals surface area contributed by atoms with Crippen LogP contribution in [0.3, 0.4) is 0 Å². The van der Waals surface area contributed by atoms with Crippen molar-refractivity contribution >= 4 is 17.5 Å². The first kappa shape index (κ1) is 19.1. The molecule has 1 fully saturated rings. The molecule has 7 nitrogen and oxygen atoms in total. The van der Waals surface area contributed by atoms with E-state index in [0.717, 1.165) is 25.2 Å². The van der Waals surface area contributed by atoms with E-state index in [1.54, 1.807) is 0 Å². The van der Waals surface area contributed by atoms with Crippen molar-refractivity contribution in [2.75, 3.05) is 44.7 Å². The molecule has 1 saturated heterocycles. The average molecular weight is 381 g/mol. The number of nitrogens with one attached hydrogen (secondary N) is 2. The fraction of sp³-hybridized carbons (Fsp3) is 0.353. The fourth-order valence-electron chi connectivity index (χ4n) is 2.53. The third-order valence-corrected chi connectivity index (χ3v) is 3.99. The molecular weight excluding hydrogens is 363 g/mol. The van der Waals surface area contributed by atoms with E-state index in [1.165, 1.54) is 12.3 Å². The molecule has 0 radical (unpaired) electrons. The van der Waals surface area contributed by atoms with Crippen LogP contribution in [0.25, 0.3) is 0 Å². The molecule has 0 bridgehead atoms. The Morgan fingerprint density at radius 2 is 1.93 bits per heavy atom. The van der Waals surface area contributed by atoms with Crippen LogP contribution in [0.15, 0.2) is 24.4 Å². The third kappa shape index (κ3) is 4.92. The smallest absolute Gasteiger partial charge is 0.270 e. The number of hydrogen-bond acceptors (Lipinski definition) is 6. The first-order valence-corrected chi connectivity index (χ1v) is 8.36. The van der Waals surface area contributed by atoms with Gasteiger partial charge in [-0.15, -0.1) is 0 Å². The molecule has 1 aliphatic rings. The number of ether oxygens (including phenoxy) is 1. The summed E-state index contributed by atoms with van der Waals surface area (Å²) < 4.78 is 45.3. The highest BCUT2D eigenvalue weighted by Crippen LogP contribution is 2.21. The number of halogens is 3. The van der Waals surface area contributed by atoms with E-state index in [-0.39, 0.29) is 17.3 Å². The summed E-state index contributed by atoms with van der Waals surface area (Å²) in [5.74, 6) is -4.82. The van der Waals surface area contributed by atoms with Crippen molar-refractivity contribution in [3.63, 3.8) is 0 Å². The minimum atomic E-state index is -1.60. The maximum absolute atomic E-state index is 13.7. The predicted octanol–water partition coefficient (Wildman–Crippen LogP) is 1.70. The summed E-state index contributed by atoms with van der Waals surface area (Å²) in [5.41, 5.74) is -0.267. The van der Waals surface area contributed by atoms with Crippen LogP contribution in [0.2, 0.25) is 0 Å². The Morgan fingerprint density at radius 1 is 1.15 bits per heavy atom. The van der Waals surface area contributed by atoms with Crippen molar-refractivity contribution in [1.82, 2.24) is 20.2 Å². The van der Waals surface area contributed by atoms with Crippen LogP contribution in [0.1, 0.15) is 10.5 Å². The van der Waals surface area contributed by atoms with E-state index in [4.69, 9.17) is 4.74 Å². The zero-order valence-corrected chi connectivity index (χ0v) is 14.3. The van der Waals surface area contributed by atoms with Gasteiger partial charge < -0.3 is 15.4 Å². The largest absolute Gasteiger partial charge is 0.379 e. The molecule has 0 saturated carbocycles.